The number of nitrogens with one attached hydrogen (secondary N) is 1. The molecule has 1 aliphatic carbocycles. The van der Waals surface area contributed by atoms with Gasteiger partial charge in [-0.1, -0.05) is 17.7 Å². The molecule has 62 valence electrons. The van der Waals surface area contributed by atoms with Crippen molar-refractivity contribution in [1.82, 2.24) is 5.32 Å². The second kappa shape index (κ2) is 3.00. The quantitative estimate of drug-likeness (QED) is 0.628. The molecule has 11 heavy (non-hydrogen) atoms. The van der Waals surface area contributed by atoms with Crippen LogP contribution in [0.1, 0.15) is 19.8 Å². The van der Waals surface area contributed by atoms with E-state index in [2.05, 4.69) is 18.3 Å². The summed E-state index contributed by atoms with van der Waals surface area (Å²) in [6, 6.07) is 0.632. The maximum atomic E-state index is 5.94. The molecule has 0 bridgehead atoms. The van der Waals surface area contributed by atoms with Crippen LogP contribution in [0, 0.1) is 0 Å². The molecule has 1 saturated heterocycles. The number of hydrogen-bond acceptors (Lipinski definition) is 2. The van der Waals surface area contributed by atoms with Crippen molar-refractivity contribution in [2.24, 2.45) is 0 Å². The molecular weight excluding hydrogens is 178 g/mol. The molecule has 0 spiro atoms. The van der Waals surface area contributed by atoms with Gasteiger partial charge in [-0.25, -0.2) is 0 Å². The van der Waals surface area contributed by atoms with E-state index < -0.39 is 0 Å². The van der Waals surface area contributed by atoms with E-state index in [1.807, 2.05) is 11.8 Å². The first-order valence-corrected chi connectivity index (χ1v) is 5.34. The summed E-state index contributed by atoms with van der Waals surface area (Å²) in [5.74, 6) is 0. The van der Waals surface area contributed by atoms with Crippen LogP contribution in [0.15, 0.2) is 11.1 Å². The third kappa shape index (κ3) is 1.58. The summed E-state index contributed by atoms with van der Waals surface area (Å²) in [5, 5.41) is 5.94. The first kappa shape index (κ1) is 7.96. The first-order valence-electron chi connectivity index (χ1n) is 4.02. The number of hydrogen-bond donors (Lipinski definition) is 1. The Morgan fingerprint density at radius 1 is 1.73 bits per heavy atom. The third-order valence-electron chi connectivity index (χ3n) is 2.26. The minimum absolute atomic E-state index is 0.612. The van der Waals surface area contributed by atoms with Gasteiger partial charge in [0.05, 0.1) is 5.37 Å². The molecule has 3 heteroatoms. The largest absolute Gasteiger partial charge is 0.301 e. The average Bonchev–Trinajstić information content (AvgIpc) is 2.27. The van der Waals surface area contributed by atoms with E-state index in [1.54, 1.807) is 0 Å². The van der Waals surface area contributed by atoms with Gasteiger partial charge in [0, 0.05) is 16.3 Å². The molecule has 1 heterocycles. The highest BCUT2D eigenvalue weighted by Gasteiger charge is 2.33. The lowest BCUT2D eigenvalue weighted by molar-refractivity contribution is 0.514. The minimum atomic E-state index is 0.612. The molecular formula is C8H12ClNS. The van der Waals surface area contributed by atoms with Gasteiger partial charge in [0.15, 0.2) is 0 Å². The summed E-state index contributed by atoms with van der Waals surface area (Å²) in [4.78, 5) is 0. The Kier molecular flexibility index (Phi) is 2.17. The molecule has 1 fully saturated rings. The number of fused-ring (bicyclic) bond motifs is 1. The van der Waals surface area contributed by atoms with Crippen molar-refractivity contribution in [2.45, 2.75) is 36.4 Å². The zero-order valence-corrected chi connectivity index (χ0v) is 8.08. The van der Waals surface area contributed by atoms with Crippen molar-refractivity contribution in [3.63, 3.8) is 0 Å². The van der Waals surface area contributed by atoms with Crippen molar-refractivity contribution in [3.8, 4) is 0 Å². The summed E-state index contributed by atoms with van der Waals surface area (Å²) in [6.45, 7) is 2.22. The Labute approximate surface area is 76.6 Å². The Bertz CT molecular complexity index is 193. The second-order valence-electron chi connectivity index (χ2n) is 3.18. The van der Waals surface area contributed by atoms with E-state index >= 15 is 0 Å². The van der Waals surface area contributed by atoms with Gasteiger partial charge in [0.1, 0.15) is 0 Å². The molecule has 0 aromatic heterocycles. The second-order valence-corrected chi connectivity index (χ2v) is 5.25. The van der Waals surface area contributed by atoms with E-state index in [0.717, 1.165) is 23.1 Å². The van der Waals surface area contributed by atoms with Crippen molar-refractivity contribution in [1.29, 1.82) is 0 Å². The lowest BCUT2D eigenvalue weighted by atomic mass is 10.0. The first-order chi connectivity index (χ1) is 5.25. The van der Waals surface area contributed by atoms with Crippen LogP contribution >= 0.6 is 23.4 Å². The van der Waals surface area contributed by atoms with Crippen LogP contribution < -0.4 is 5.32 Å². The molecule has 2 aliphatic rings. The van der Waals surface area contributed by atoms with Gasteiger partial charge in [0.25, 0.3) is 0 Å². The molecule has 0 saturated carbocycles. The normalized spacial score (nSPS) is 43.5. The molecule has 0 aromatic rings. The highest BCUT2D eigenvalue weighted by molar-refractivity contribution is 8.00. The third-order valence-corrected chi connectivity index (χ3v) is 3.99. The summed E-state index contributed by atoms with van der Waals surface area (Å²) in [6.07, 6.45) is 4.34. The fourth-order valence-corrected chi connectivity index (χ4v) is 3.36. The molecule has 1 nitrogen and oxygen atoms in total. The predicted molar refractivity (Wildman–Crippen MR) is 50.9 cm³/mol. The van der Waals surface area contributed by atoms with Gasteiger partial charge in [-0.3, -0.25) is 0 Å². The minimum Gasteiger partial charge on any atom is -0.301 e. The Balaban J connectivity index is 2.06. The summed E-state index contributed by atoms with van der Waals surface area (Å²) in [5.41, 5.74) is 0. The van der Waals surface area contributed by atoms with E-state index in [-0.39, 0.29) is 0 Å². The Morgan fingerprint density at radius 3 is 3.36 bits per heavy atom. The lowest BCUT2D eigenvalue weighted by Gasteiger charge is -2.21. The molecule has 1 aliphatic heterocycles. The van der Waals surface area contributed by atoms with Gasteiger partial charge >= 0.3 is 0 Å². The van der Waals surface area contributed by atoms with Crippen LogP contribution in [-0.2, 0) is 0 Å². The maximum absolute atomic E-state index is 5.94. The fraction of sp³-hybridized carbons (Fsp3) is 0.750. The van der Waals surface area contributed by atoms with Crippen LogP contribution in [0.25, 0.3) is 0 Å². The SMILES string of the molecule is CC1NC2CC(Cl)=CCC2S1. The highest BCUT2D eigenvalue weighted by atomic mass is 35.5. The number of allylic oxidation sites excluding steroid dienone is 1. The van der Waals surface area contributed by atoms with E-state index in [4.69, 9.17) is 11.6 Å². The van der Waals surface area contributed by atoms with E-state index in [1.165, 1.54) is 0 Å². The fourth-order valence-electron chi connectivity index (χ4n) is 1.75. The number of rotatable bonds is 0. The van der Waals surface area contributed by atoms with Gasteiger partial charge in [-0.05, 0) is 19.8 Å². The van der Waals surface area contributed by atoms with Gasteiger partial charge in [-0.2, -0.15) is 0 Å². The topological polar surface area (TPSA) is 12.0 Å². The zero-order chi connectivity index (χ0) is 7.84. The van der Waals surface area contributed by atoms with Crippen LogP contribution in [0.4, 0.5) is 0 Å². The molecule has 0 radical (unpaired) electrons. The van der Waals surface area contributed by atoms with Crippen LogP contribution in [0.2, 0.25) is 0 Å². The molecule has 1 N–H and O–H groups in total. The molecule has 0 aromatic carbocycles. The summed E-state index contributed by atoms with van der Waals surface area (Å²) >= 11 is 7.98. The van der Waals surface area contributed by atoms with Crippen LogP contribution in [0.3, 0.4) is 0 Å². The van der Waals surface area contributed by atoms with Gasteiger partial charge in [-0.15, -0.1) is 11.8 Å². The smallest absolute Gasteiger partial charge is 0.0509 e. The van der Waals surface area contributed by atoms with Crippen LogP contribution in [-0.4, -0.2) is 16.7 Å². The summed E-state index contributed by atoms with van der Waals surface area (Å²) in [7, 11) is 0. The zero-order valence-electron chi connectivity index (χ0n) is 6.51. The van der Waals surface area contributed by atoms with Crippen molar-refractivity contribution >= 4 is 23.4 Å². The van der Waals surface area contributed by atoms with Crippen molar-refractivity contribution < 1.29 is 0 Å². The standard InChI is InChI=1S/C8H12ClNS/c1-5-10-7-4-6(9)2-3-8(7)11-5/h2,5,7-8,10H,3-4H2,1H3. The van der Waals surface area contributed by atoms with E-state index in [0.29, 0.717) is 11.4 Å². The van der Waals surface area contributed by atoms with Crippen molar-refractivity contribution in [3.05, 3.63) is 11.1 Å². The molecule has 2 rings (SSSR count). The lowest BCUT2D eigenvalue weighted by Crippen LogP contribution is -2.33. The number of halogens is 1. The Hall–Kier alpha value is 0.340. The summed E-state index contributed by atoms with van der Waals surface area (Å²) < 4.78 is 0. The van der Waals surface area contributed by atoms with Crippen LogP contribution in [0.5, 0.6) is 0 Å². The monoisotopic (exact) mass is 189 g/mol. The molecule has 0 amide bonds. The average molecular weight is 190 g/mol. The predicted octanol–water partition coefficient (Wildman–Crippen LogP) is 2.32. The van der Waals surface area contributed by atoms with Crippen molar-refractivity contribution in [2.75, 3.05) is 0 Å². The highest BCUT2D eigenvalue weighted by Crippen LogP contribution is 2.36. The Morgan fingerprint density at radius 2 is 2.55 bits per heavy atom. The molecule has 3 atom stereocenters. The maximum Gasteiger partial charge on any atom is 0.0509 e. The number of thioether (sulfide) groups is 1. The van der Waals surface area contributed by atoms with Gasteiger partial charge < -0.3 is 5.32 Å². The van der Waals surface area contributed by atoms with Gasteiger partial charge in [0.2, 0.25) is 0 Å². The molecule has 3 unspecified atom stereocenters. The van der Waals surface area contributed by atoms with E-state index in [9.17, 15) is 0 Å².